The van der Waals surface area contributed by atoms with Gasteiger partial charge in [0.25, 0.3) is 5.91 Å². The first-order valence-electron chi connectivity index (χ1n) is 8.73. The topological polar surface area (TPSA) is 75.3 Å². The number of esters is 1. The fraction of sp³-hybridized carbons (Fsp3) is 0.421. The Hall–Kier alpha value is -2.28. The molecule has 2 aromatic rings. The fourth-order valence-corrected chi connectivity index (χ4v) is 4.04. The van der Waals surface area contributed by atoms with E-state index in [0.29, 0.717) is 23.1 Å². The van der Waals surface area contributed by atoms with E-state index < -0.39 is 5.97 Å². The Kier molecular flexibility index (Phi) is 5.66. The molecule has 1 amide bonds. The average molecular weight is 373 g/mol. The summed E-state index contributed by atoms with van der Waals surface area (Å²) in [4.78, 5) is 27.9. The average Bonchev–Trinajstić information content (AvgIpc) is 3.04. The fourth-order valence-electron chi connectivity index (χ4n) is 2.93. The van der Waals surface area contributed by atoms with Crippen LogP contribution in [0.3, 0.4) is 0 Å². The molecule has 7 heteroatoms. The van der Waals surface area contributed by atoms with Crippen molar-refractivity contribution < 1.29 is 14.3 Å². The SMILES string of the molecule is CC1CCN(C(=O)COC(=O)c2cn[nH]c2C(C)C)c2ccccc2S1. The molecule has 2 heterocycles. The van der Waals surface area contributed by atoms with Gasteiger partial charge in [-0.25, -0.2) is 4.79 Å². The molecular formula is C19H23N3O3S. The van der Waals surface area contributed by atoms with Crippen molar-refractivity contribution in [2.45, 2.75) is 43.3 Å². The first kappa shape index (κ1) is 18.5. The number of aromatic amines is 1. The van der Waals surface area contributed by atoms with Crippen LogP contribution in [0.1, 0.15) is 49.2 Å². The number of amides is 1. The summed E-state index contributed by atoms with van der Waals surface area (Å²) in [6, 6.07) is 7.85. The summed E-state index contributed by atoms with van der Waals surface area (Å²) in [5, 5.41) is 7.15. The van der Waals surface area contributed by atoms with Gasteiger partial charge in [0.05, 0.1) is 17.6 Å². The minimum absolute atomic E-state index is 0.117. The number of rotatable bonds is 4. The molecule has 1 aromatic carbocycles. The Balaban J connectivity index is 1.70. The van der Waals surface area contributed by atoms with Crippen LogP contribution in [0.5, 0.6) is 0 Å². The van der Waals surface area contributed by atoms with Gasteiger partial charge in [0, 0.05) is 16.7 Å². The summed E-state index contributed by atoms with van der Waals surface area (Å²) in [6.45, 7) is 6.41. The van der Waals surface area contributed by atoms with Crippen LogP contribution in [-0.4, -0.2) is 40.5 Å². The van der Waals surface area contributed by atoms with Gasteiger partial charge < -0.3 is 9.64 Å². The van der Waals surface area contributed by atoms with E-state index in [2.05, 4.69) is 17.1 Å². The summed E-state index contributed by atoms with van der Waals surface area (Å²) in [6.07, 6.45) is 2.33. The normalized spacial score (nSPS) is 16.9. The van der Waals surface area contributed by atoms with Gasteiger partial charge >= 0.3 is 5.97 Å². The summed E-state index contributed by atoms with van der Waals surface area (Å²) in [7, 11) is 0. The molecule has 0 saturated heterocycles. The van der Waals surface area contributed by atoms with Crippen LogP contribution in [0.15, 0.2) is 35.4 Å². The van der Waals surface area contributed by atoms with Gasteiger partial charge in [0.2, 0.25) is 0 Å². The predicted octanol–water partition coefficient (Wildman–Crippen LogP) is 3.61. The number of nitrogens with one attached hydrogen (secondary N) is 1. The number of anilines is 1. The molecule has 6 nitrogen and oxygen atoms in total. The number of benzene rings is 1. The highest BCUT2D eigenvalue weighted by Crippen LogP contribution is 2.37. The zero-order valence-electron chi connectivity index (χ0n) is 15.2. The second-order valence-electron chi connectivity index (χ2n) is 6.66. The van der Waals surface area contributed by atoms with E-state index in [1.807, 2.05) is 38.1 Å². The van der Waals surface area contributed by atoms with E-state index in [1.54, 1.807) is 16.7 Å². The summed E-state index contributed by atoms with van der Waals surface area (Å²) >= 11 is 1.77. The van der Waals surface area contributed by atoms with E-state index in [4.69, 9.17) is 4.74 Å². The highest BCUT2D eigenvalue weighted by molar-refractivity contribution is 8.00. The maximum Gasteiger partial charge on any atom is 0.342 e. The first-order valence-corrected chi connectivity index (χ1v) is 9.61. The lowest BCUT2D eigenvalue weighted by molar-refractivity contribution is -0.121. The Labute approximate surface area is 157 Å². The number of hydrogen-bond acceptors (Lipinski definition) is 5. The van der Waals surface area contributed by atoms with Crippen molar-refractivity contribution in [3.63, 3.8) is 0 Å². The monoisotopic (exact) mass is 373 g/mol. The van der Waals surface area contributed by atoms with Gasteiger partial charge in [-0.3, -0.25) is 9.89 Å². The van der Waals surface area contributed by atoms with Gasteiger partial charge in [-0.2, -0.15) is 5.10 Å². The third kappa shape index (κ3) is 3.93. The molecule has 0 fully saturated rings. The van der Waals surface area contributed by atoms with Crippen LogP contribution in [0.4, 0.5) is 5.69 Å². The number of hydrogen-bond donors (Lipinski definition) is 1. The summed E-state index contributed by atoms with van der Waals surface area (Å²) in [5.74, 6) is -0.622. The first-order chi connectivity index (χ1) is 12.5. The van der Waals surface area contributed by atoms with Crippen molar-refractivity contribution >= 4 is 29.3 Å². The van der Waals surface area contributed by atoms with Crippen LogP contribution >= 0.6 is 11.8 Å². The zero-order chi connectivity index (χ0) is 18.7. The lowest BCUT2D eigenvalue weighted by atomic mass is 10.1. The second kappa shape index (κ2) is 7.95. The van der Waals surface area contributed by atoms with Crippen molar-refractivity contribution in [2.24, 2.45) is 0 Å². The molecule has 1 aliphatic rings. The lowest BCUT2D eigenvalue weighted by Crippen LogP contribution is -2.35. The number of ether oxygens (including phenoxy) is 1. The highest BCUT2D eigenvalue weighted by Gasteiger charge is 2.25. The molecule has 0 saturated carbocycles. The molecule has 0 spiro atoms. The number of carbonyl (C=O) groups excluding carboxylic acids is 2. The molecule has 138 valence electrons. The number of nitrogens with zero attached hydrogens (tertiary/aromatic N) is 2. The van der Waals surface area contributed by atoms with E-state index >= 15 is 0 Å². The number of carbonyl (C=O) groups is 2. The maximum absolute atomic E-state index is 12.7. The van der Waals surface area contributed by atoms with Gasteiger partial charge in [0.1, 0.15) is 5.56 Å². The molecule has 3 rings (SSSR count). The maximum atomic E-state index is 12.7. The van der Waals surface area contributed by atoms with Gasteiger partial charge in [-0.05, 0) is 24.5 Å². The Morgan fingerprint density at radius 1 is 1.38 bits per heavy atom. The minimum Gasteiger partial charge on any atom is -0.452 e. The molecular weight excluding hydrogens is 350 g/mol. The van der Waals surface area contributed by atoms with Crippen LogP contribution in [0.25, 0.3) is 0 Å². The molecule has 1 N–H and O–H groups in total. The summed E-state index contributed by atoms with van der Waals surface area (Å²) < 4.78 is 5.28. The Morgan fingerprint density at radius 3 is 2.92 bits per heavy atom. The molecule has 1 aliphatic heterocycles. The molecule has 1 atom stereocenters. The van der Waals surface area contributed by atoms with Crippen molar-refractivity contribution in [3.8, 4) is 0 Å². The molecule has 0 aliphatic carbocycles. The number of H-pyrrole nitrogens is 1. The van der Waals surface area contributed by atoms with Crippen LogP contribution in [0, 0.1) is 0 Å². The van der Waals surface area contributed by atoms with Crippen molar-refractivity contribution in [2.75, 3.05) is 18.1 Å². The van der Waals surface area contributed by atoms with Crippen molar-refractivity contribution in [3.05, 3.63) is 41.7 Å². The molecule has 1 aromatic heterocycles. The lowest BCUT2D eigenvalue weighted by Gasteiger charge is -2.22. The largest absolute Gasteiger partial charge is 0.452 e. The molecule has 0 bridgehead atoms. The van der Waals surface area contributed by atoms with E-state index in [0.717, 1.165) is 17.0 Å². The number of aromatic nitrogens is 2. The molecule has 0 radical (unpaired) electrons. The minimum atomic E-state index is -0.526. The van der Waals surface area contributed by atoms with E-state index in [9.17, 15) is 9.59 Å². The van der Waals surface area contributed by atoms with Gasteiger partial charge in [-0.15, -0.1) is 11.8 Å². The third-order valence-electron chi connectivity index (χ3n) is 4.34. The summed E-state index contributed by atoms with van der Waals surface area (Å²) in [5.41, 5.74) is 1.98. The predicted molar refractivity (Wildman–Crippen MR) is 102 cm³/mol. The number of fused-ring (bicyclic) bond motifs is 1. The van der Waals surface area contributed by atoms with Crippen LogP contribution < -0.4 is 4.90 Å². The number of para-hydroxylation sites is 1. The van der Waals surface area contributed by atoms with Gasteiger partial charge in [-0.1, -0.05) is 32.9 Å². The van der Waals surface area contributed by atoms with Crippen molar-refractivity contribution in [1.29, 1.82) is 0 Å². The Bertz CT molecular complexity index is 803. The van der Waals surface area contributed by atoms with Crippen LogP contribution in [0.2, 0.25) is 0 Å². The van der Waals surface area contributed by atoms with E-state index in [1.165, 1.54) is 6.20 Å². The third-order valence-corrected chi connectivity index (χ3v) is 5.57. The molecule has 26 heavy (non-hydrogen) atoms. The standard InChI is InChI=1S/C19H23N3O3S/c1-12(2)18-14(10-20-21-18)19(24)25-11-17(23)22-9-8-13(3)26-16-7-5-4-6-15(16)22/h4-7,10,12-13H,8-9,11H2,1-3H3,(H,20,21). The van der Waals surface area contributed by atoms with Crippen LogP contribution in [-0.2, 0) is 9.53 Å². The van der Waals surface area contributed by atoms with Gasteiger partial charge in [0.15, 0.2) is 6.61 Å². The highest BCUT2D eigenvalue weighted by atomic mass is 32.2. The smallest absolute Gasteiger partial charge is 0.342 e. The van der Waals surface area contributed by atoms with Crippen molar-refractivity contribution in [1.82, 2.24) is 10.2 Å². The molecule has 1 unspecified atom stereocenters. The quantitative estimate of drug-likeness (QED) is 0.829. The second-order valence-corrected chi connectivity index (χ2v) is 8.14. The zero-order valence-corrected chi connectivity index (χ0v) is 16.0. The Morgan fingerprint density at radius 2 is 2.15 bits per heavy atom. The number of thioether (sulfide) groups is 1. The van der Waals surface area contributed by atoms with E-state index in [-0.39, 0.29) is 18.4 Å².